The Morgan fingerprint density at radius 1 is 1.33 bits per heavy atom. The van der Waals surface area contributed by atoms with E-state index in [-0.39, 0.29) is 23.8 Å². The van der Waals surface area contributed by atoms with Gasteiger partial charge in [0.1, 0.15) is 5.82 Å². The molecule has 8 heteroatoms. The van der Waals surface area contributed by atoms with Crippen LogP contribution in [-0.2, 0) is 9.53 Å². The molecule has 4 rings (SSSR count). The maximum absolute atomic E-state index is 12.3. The average molecular weight is 371 g/mol. The summed E-state index contributed by atoms with van der Waals surface area (Å²) in [5, 5.41) is 2.97. The maximum Gasteiger partial charge on any atom is 0.317 e. The Kier molecular flexibility index (Phi) is 4.98. The zero-order valence-corrected chi connectivity index (χ0v) is 15.5. The number of fused-ring (bicyclic) bond motifs is 1. The van der Waals surface area contributed by atoms with Crippen LogP contribution in [0.4, 0.5) is 4.79 Å². The average Bonchev–Trinajstić information content (AvgIpc) is 3.20. The largest absolute Gasteiger partial charge is 0.383 e. The molecule has 2 aromatic rings. The molecule has 3 heterocycles. The third kappa shape index (κ3) is 3.75. The van der Waals surface area contributed by atoms with Gasteiger partial charge >= 0.3 is 6.03 Å². The molecule has 1 atom stereocenters. The monoisotopic (exact) mass is 371 g/mol. The number of nitrogens with one attached hydrogen (secondary N) is 2. The van der Waals surface area contributed by atoms with Gasteiger partial charge in [-0.25, -0.2) is 9.78 Å². The number of nitrogens with zero attached hydrogens (tertiary/aromatic N) is 3. The maximum atomic E-state index is 12.3. The van der Waals surface area contributed by atoms with Crippen LogP contribution in [0.2, 0.25) is 0 Å². The molecular formula is C19H25N5O3. The quantitative estimate of drug-likeness (QED) is 0.797. The van der Waals surface area contributed by atoms with E-state index in [0.717, 1.165) is 16.9 Å². The van der Waals surface area contributed by atoms with Crippen LogP contribution < -0.4 is 5.32 Å². The van der Waals surface area contributed by atoms with Gasteiger partial charge in [-0.15, -0.1) is 0 Å². The molecule has 0 bridgehead atoms. The number of amides is 3. The van der Waals surface area contributed by atoms with E-state index < -0.39 is 0 Å². The molecule has 3 amide bonds. The smallest absolute Gasteiger partial charge is 0.317 e. The van der Waals surface area contributed by atoms with E-state index in [1.165, 1.54) is 0 Å². The molecule has 0 saturated carbocycles. The number of aromatic amines is 1. The van der Waals surface area contributed by atoms with E-state index in [2.05, 4.69) is 15.3 Å². The van der Waals surface area contributed by atoms with Gasteiger partial charge in [-0.05, 0) is 12.1 Å². The van der Waals surface area contributed by atoms with Gasteiger partial charge in [-0.1, -0.05) is 12.1 Å². The Labute approximate surface area is 157 Å². The molecule has 2 aliphatic rings. The highest BCUT2D eigenvalue weighted by molar-refractivity contribution is 5.79. The van der Waals surface area contributed by atoms with Gasteiger partial charge in [0.05, 0.1) is 23.6 Å². The molecule has 1 aromatic heterocycles. The highest BCUT2D eigenvalue weighted by Crippen LogP contribution is 2.26. The molecular weight excluding hydrogens is 346 g/mol. The van der Waals surface area contributed by atoms with Gasteiger partial charge < -0.3 is 24.8 Å². The first kappa shape index (κ1) is 17.8. The van der Waals surface area contributed by atoms with Gasteiger partial charge in [0.25, 0.3) is 0 Å². The second-order valence-corrected chi connectivity index (χ2v) is 7.33. The molecule has 0 radical (unpaired) electrons. The number of methoxy groups -OCH3 is 1. The number of urea groups is 1. The van der Waals surface area contributed by atoms with Gasteiger partial charge in [0.15, 0.2) is 0 Å². The summed E-state index contributed by atoms with van der Waals surface area (Å²) in [7, 11) is 1.63. The molecule has 144 valence electrons. The second-order valence-electron chi connectivity index (χ2n) is 7.33. The van der Waals surface area contributed by atoms with E-state index in [0.29, 0.717) is 45.8 Å². The van der Waals surface area contributed by atoms with Gasteiger partial charge in [-0.3, -0.25) is 4.79 Å². The summed E-state index contributed by atoms with van der Waals surface area (Å²) in [5.74, 6) is 1.50. The summed E-state index contributed by atoms with van der Waals surface area (Å²) in [4.78, 5) is 35.8. The number of aromatic nitrogens is 2. The topological polar surface area (TPSA) is 90.6 Å². The van der Waals surface area contributed by atoms with E-state index in [1.54, 1.807) is 12.0 Å². The molecule has 1 aromatic carbocycles. The number of likely N-dealkylation sites (tertiary alicyclic amines) is 2. The van der Waals surface area contributed by atoms with Crippen LogP contribution in [0.3, 0.4) is 0 Å². The highest BCUT2D eigenvalue weighted by atomic mass is 16.5. The van der Waals surface area contributed by atoms with Crippen molar-refractivity contribution in [2.24, 2.45) is 5.92 Å². The lowest BCUT2D eigenvalue weighted by molar-refractivity contribution is -0.128. The normalized spacial score (nSPS) is 20.3. The van der Waals surface area contributed by atoms with Crippen molar-refractivity contribution < 1.29 is 14.3 Å². The van der Waals surface area contributed by atoms with E-state index >= 15 is 0 Å². The number of carbonyl (C=O) groups is 2. The van der Waals surface area contributed by atoms with Crippen LogP contribution in [0.1, 0.15) is 18.2 Å². The van der Waals surface area contributed by atoms with Crippen molar-refractivity contribution in [2.75, 3.05) is 46.4 Å². The SMILES string of the molecule is COCCN1CC(CNC(=O)N2CC(c3nc4ccccc4[nH]3)C2)CC1=O. The Bertz CT molecular complexity index is 797. The third-order valence-corrected chi connectivity index (χ3v) is 5.37. The second kappa shape index (κ2) is 7.56. The summed E-state index contributed by atoms with van der Waals surface area (Å²) in [6, 6.07) is 7.88. The lowest BCUT2D eigenvalue weighted by Crippen LogP contribution is -2.53. The molecule has 1 unspecified atom stereocenters. The minimum atomic E-state index is -0.0647. The third-order valence-electron chi connectivity index (χ3n) is 5.37. The molecule has 2 fully saturated rings. The van der Waals surface area contributed by atoms with Crippen molar-refractivity contribution in [3.63, 3.8) is 0 Å². The van der Waals surface area contributed by atoms with Crippen molar-refractivity contribution in [1.82, 2.24) is 25.1 Å². The minimum absolute atomic E-state index is 0.0647. The first-order chi connectivity index (χ1) is 13.1. The fourth-order valence-corrected chi connectivity index (χ4v) is 3.73. The minimum Gasteiger partial charge on any atom is -0.383 e. The Hall–Kier alpha value is -2.61. The molecule has 2 saturated heterocycles. The van der Waals surface area contributed by atoms with Crippen LogP contribution in [0.5, 0.6) is 0 Å². The Balaban J connectivity index is 1.22. The van der Waals surface area contributed by atoms with E-state index in [1.807, 2.05) is 29.2 Å². The lowest BCUT2D eigenvalue weighted by Gasteiger charge is -2.38. The van der Waals surface area contributed by atoms with Gasteiger partial charge in [0, 0.05) is 52.2 Å². The Morgan fingerprint density at radius 3 is 2.93 bits per heavy atom. The number of rotatable bonds is 6. The van der Waals surface area contributed by atoms with E-state index in [4.69, 9.17) is 4.74 Å². The number of para-hydroxylation sites is 2. The number of ether oxygens (including phenoxy) is 1. The van der Waals surface area contributed by atoms with E-state index in [9.17, 15) is 9.59 Å². The van der Waals surface area contributed by atoms with Crippen molar-refractivity contribution in [3.05, 3.63) is 30.1 Å². The summed E-state index contributed by atoms with van der Waals surface area (Å²) in [6.07, 6.45) is 0.492. The van der Waals surface area contributed by atoms with Crippen LogP contribution in [0.15, 0.2) is 24.3 Å². The van der Waals surface area contributed by atoms with Crippen molar-refractivity contribution in [2.45, 2.75) is 12.3 Å². The Morgan fingerprint density at radius 2 is 2.15 bits per heavy atom. The molecule has 8 nitrogen and oxygen atoms in total. The van der Waals surface area contributed by atoms with Crippen LogP contribution in [-0.4, -0.2) is 78.1 Å². The van der Waals surface area contributed by atoms with Crippen molar-refractivity contribution in [1.29, 1.82) is 0 Å². The summed E-state index contributed by atoms with van der Waals surface area (Å²) < 4.78 is 5.03. The van der Waals surface area contributed by atoms with Gasteiger partial charge in [0.2, 0.25) is 5.91 Å². The lowest BCUT2D eigenvalue weighted by atomic mass is 10.00. The van der Waals surface area contributed by atoms with Gasteiger partial charge in [-0.2, -0.15) is 0 Å². The number of benzene rings is 1. The molecule has 0 spiro atoms. The highest BCUT2D eigenvalue weighted by Gasteiger charge is 2.35. The predicted molar refractivity (Wildman–Crippen MR) is 100 cm³/mol. The van der Waals surface area contributed by atoms with Crippen LogP contribution in [0, 0.1) is 5.92 Å². The number of H-pyrrole nitrogens is 1. The summed E-state index contributed by atoms with van der Waals surface area (Å²) in [5.41, 5.74) is 1.98. The van der Waals surface area contributed by atoms with Crippen molar-refractivity contribution in [3.8, 4) is 0 Å². The standard InChI is InChI=1S/C19H25N5O3/c1-27-7-6-23-10-13(8-17(23)25)9-20-19(26)24-11-14(12-24)18-21-15-4-2-3-5-16(15)22-18/h2-5,13-14H,6-12H2,1H3,(H,20,26)(H,21,22). The number of hydrogen-bond acceptors (Lipinski definition) is 4. The zero-order chi connectivity index (χ0) is 18.8. The fraction of sp³-hybridized carbons (Fsp3) is 0.526. The molecule has 2 N–H and O–H groups in total. The number of carbonyl (C=O) groups excluding carboxylic acids is 2. The summed E-state index contributed by atoms with van der Waals surface area (Å²) in [6.45, 7) is 3.70. The first-order valence-corrected chi connectivity index (χ1v) is 9.38. The van der Waals surface area contributed by atoms with Crippen LogP contribution in [0.25, 0.3) is 11.0 Å². The molecule has 0 aliphatic carbocycles. The number of imidazole rings is 1. The molecule has 2 aliphatic heterocycles. The fourth-order valence-electron chi connectivity index (χ4n) is 3.73. The number of hydrogen-bond donors (Lipinski definition) is 2. The first-order valence-electron chi connectivity index (χ1n) is 9.38. The summed E-state index contributed by atoms with van der Waals surface area (Å²) >= 11 is 0. The molecule has 27 heavy (non-hydrogen) atoms. The van der Waals surface area contributed by atoms with Crippen molar-refractivity contribution >= 4 is 23.0 Å². The van der Waals surface area contributed by atoms with Crippen LogP contribution >= 0.6 is 0 Å². The predicted octanol–water partition coefficient (Wildman–Crippen LogP) is 1.17. The zero-order valence-electron chi connectivity index (χ0n) is 15.5.